The van der Waals surface area contributed by atoms with Gasteiger partial charge in [0, 0.05) is 12.6 Å². The molecule has 0 atom stereocenters. The van der Waals surface area contributed by atoms with Crippen molar-refractivity contribution in [2.24, 2.45) is 5.41 Å². The zero-order chi connectivity index (χ0) is 13.3. The van der Waals surface area contributed by atoms with E-state index in [1.165, 1.54) is 50.6 Å². The van der Waals surface area contributed by atoms with E-state index < -0.39 is 0 Å². The molecule has 1 aromatic carbocycles. The van der Waals surface area contributed by atoms with Crippen LogP contribution in [0, 0.1) is 12.3 Å². The van der Waals surface area contributed by atoms with E-state index in [9.17, 15) is 0 Å². The van der Waals surface area contributed by atoms with Crippen molar-refractivity contribution in [2.45, 2.75) is 64.3 Å². The van der Waals surface area contributed by atoms with Gasteiger partial charge in [0.05, 0.1) is 0 Å². The van der Waals surface area contributed by atoms with Crippen LogP contribution in [0.5, 0.6) is 0 Å². The second kappa shape index (κ2) is 5.28. The number of nitrogens with one attached hydrogen (secondary N) is 1. The summed E-state index contributed by atoms with van der Waals surface area (Å²) in [6.45, 7) is 5.78. The molecule has 0 aromatic heterocycles. The minimum Gasteiger partial charge on any atom is -0.313 e. The summed E-state index contributed by atoms with van der Waals surface area (Å²) in [7, 11) is 0. The van der Waals surface area contributed by atoms with E-state index in [4.69, 9.17) is 0 Å². The van der Waals surface area contributed by atoms with Crippen LogP contribution in [0.3, 0.4) is 0 Å². The van der Waals surface area contributed by atoms with Gasteiger partial charge in [-0.05, 0) is 55.9 Å². The molecule has 1 N–H and O–H groups in total. The predicted molar refractivity (Wildman–Crippen MR) is 81.5 cm³/mol. The molecule has 19 heavy (non-hydrogen) atoms. The van der Waals surface area contributed by atoms with Gasteiger partial charge in [-0.25, -0.2) is 0 Å². The summed E-state index contributed by atoms with van der Waals surface area (Å²) >= 11 is 0. The molecule has 0 spiro atoms. The molecular formula is C18H27N. The van der Waals surface area contributed by atoms with Crippen molar-refractivity contribution >= 4 is 0 Å². The van der Waals surface area contributed by atoms with E-state index in [0.717, 1.165) is 12.0 Å². The highest BCUT2D eigenvalue weighted by molar-refractivity contribution is 5.27. The van der Waals surface area contributed by atoms with Crippen molar-refractivity contribution < 1.29 is 0 Å². The van der Waals surface area contributed by atoms with Gasteiger partial charge >= 0.3 is 0 Å². The van der Waals surface area contributed by atoms with Crippen molar-refractivity contribution in [3.63, 3.8) is 0 Å². The molecule has 0 bridgehead atoms. The fourth-order valence-corrected chi connectivity index (χ4v) is 3.56. The van der Waals surface area contributed by atoms with Crippen molar-refractivity contribution in [1.82, 2.24) is 5.32 Å². The number of hydrogen-bond donors (Lipinski definition) is 1. The van der Waals surface area contributed by atoms with Crippen LogP contribution in [0.4, 0.5) is 0 Å². The summed E-state index contributed by atoms with van der Waals surface area (Å²) in [5.41, 5.74) is 3.64. The Balaban J connectivity index is 1.43. The summed E-state index contributed by atoms with van der Waals surface area (Å²) in [6.07, 6.45) is 8.37. The summed E-state index contributed by atoms with van der Waals surface area (Å²) in [6, 6.07) is 9.83. The molecule has 3 rings (SSSR count). The second-order valence-electron chi connectivity index (χ2n) is 6.91. The van der Waals surface area contributed by atoms with Crippen molar-refractivity contribution in [3.05, 3.63) is 35.4 Å². The molecule has 0 saturated heterocycles. The second-order valence-corrected chi connectivity index (χ2v) is 6.91. The Bertz CT molecular complexity index is 427. The van der Waals surface area contributed by atoms with Crippen LogP contribution in [0.2, 0.25) is 0 Å². The smallest absolute Gasteiger partial charge is 0.00789 e. The molecule has 104 valence electrons. The van der Waals surface area contributed by atoms with Crippen LogP contribution in [-0.4, -0.2) is 12.6 Å². The van der Waals surface area contributed by atoms with E-state index in [0.29, 0.717) is 5.41 Å². The standard InChI is InChI=1S/C18H27N/c1-3-7-18(8-9-18)13-19-17-11-16(12-17)15-6-4-5-14(2)10-15/h4-6,10,16-17,19H,3,7-9,11-13H2,1-2H3. The molecule has 0 aliphatic heterocycles. The first-order valence-electron chi connectivity index (χ1n) is 8.01. The molecule has 1 heteroatoms. The number of hydrogen-bond acceptors (Lipinski definition) is 1. The van der Waals surface area contributed by atoms with Gasteiger partial charge in [0.2, 0.25) is 0 Å². The van der Waals surface area contributed by atoms with Gasteiger partial charge < -0.3 is 5.32 Å². The maximum Gasteiger partial charge on any atom is 0.00789 e. The Labute approximate surface area is 117 Å². The third-order valence-corrected chi connectivity index (χ3v) is 5.15. The maximum absolute atomic E-state index is 3.82. The Hall–Kier alpha value is -0.820. The highest BCUT2D eigenvalue weighted by Crippen LogP contribution is 2.49. The van der Waals surface area contributed by atoms with Crippen LogP contribution in [0.1, 0.15) is 62.5 Å². The summed E-state index contributed by atoms with van der Waals surface area (Å²) in [5, 5.41) is 3.82. The lowest BCUT2D eigenvalue weighted by Gasteiger charge is -2.37. The quantitative estimate of drug-likeness (QED) is 0.796. The Kier molecular flexibility index (Phi) is 3.66. The van der Waals surface area contributed by atoms with Gasteiger partial charge in [0.15, 0.2) is 0 Å². The normalized spacial score (nSPS) is 27.9. The minimum absolute atomic E-state index is 0.698. The van der Waals surface area contributed by atoms with Crippen molar-refractivity contribution in [2.75, 3.05) is 6.54 Å². The maximum atomic E-state index is 3.82. The molecule has 2 fully saturated rings. The van der Waals surface area contributed by atoms with Crippen molar-refractivity contribution in [3.8, 4) is 0 Å². The molecule has 1 aromatic rings. The van der Waals surface area contributed by atoms with Crippen LogP contribution in [0.25, 0.3) is 0 Å². The molecule has 0 unspecified atom stereocenters. The molecule has 0 heterocycles. The summed E-state index contributed by atoms with van der Waals surface area (Å²) in [4.78, 5) is 0. The largest absolute Gasteiger partial charge is 0.313 e. The van der Waals surface area contributed by atoms with E-state index in [-0.39, 0.29) is 0 Å². The van der Waals surface area contributed by atoms with Crippen LogP contribution >= 0.6 is 0 Å². The van der Waals surface area contributed by atoms with E-state index >= 15 is 0 Å². The SMILES string of the molecule is CCCC1(CNC2CC(c3cccc(C)c3)C2)CC1. The number of benzene rings is 1. The first-order valence-corrected chi connectivity index (χ1v) is 8.01. The van der Waals surface area contributed by atoms with Crippen LogP contribution in [0.15, 0.2) is 24.3 Å². The Morgan fingerprint density at radius 1 is 1.26 bits per heavy atom. The first kappa shape index (κ1) is 13.2. The van der Waals surface area contributed by atoms with Gasteiger partial charge in [0.1, 0.15) is 0 Å². The van der Waals surface area contributed by atoms with E-state index in [1.54, 1.807) is 5.56 Å². The fraction of sp³-hybridized carbons (Fsp3) is 0.667. The van der Waals surface area contributed by atoms with E-state index in [2.05, 4.69) is 43.4 Å². The first-order chi connectivity index (χ1) is 9.21. The lowest BCUT2D eigenvalue weighted by Crippen LogP contribution is -2.42. The highest BCUT2D eigenvalue weighted by atomic mass is 15.0. The summed E-state index contributed by atoms with van der Waals surface area (Å²) < 4.78 is 0. The zero-order valence-electron chi connectivity index (χ0n) is 12.4. The monoisotopic (exact) mass is 257 g/mol. The third-order valence-electron chi connectivity index (χ3n) is 5.15. The minimum atomic E-state index is 0.698. The van der Waals surface area contributed by atoms with Gasteiger partial charge in [0.25, 0.3) is 0 Å². The fourth-order valence-electron chi connectivity index (χ4n) is 3.56. The number of aryl methyl sites for hydroxylation is 1. The zero-order valence-corrected chi connectivity index (χ0v) is 12.4. The molecular weight excluding hydrogens is 230 g/mol. The lowest BCUT2D eigenvalue weighted by atomic mass is 9.75. The van der Waals surface area contributed by atoms with Crippen molar-refractivity contribution in [1.29, 1.82) is 0 Å². The molecule has 2 aliphatic carbocycles. The molecule has 2 aliphatic rings. The molecule has 0 radical (unpaired) electrons. The Morgan fingerprint density at radius 2 is 2.05 bits per heavy atom. The molecule has 1 nitrogen and oxygen atoms in total. The Morgan fingerprint density at radius 3 is 2.68 bits per heavy atom. The van der Waals surface area contributed by atoms with Gasteiger partial charge in [-0.15, -0.1) is 0 Å². The third kappa shape index (κ3) is 3.02. The average molecular weight is 257 g/mol. The lowest BCUT2D eigenvalue weighted by molar-refractivity contribution is 0.266. The van der Waals surface area contributed by atoms with Gasteiger partial charge in [-0.3, -0.25) is 0 Å². The molecule has 0 amide bonds. The van der Waals surface area contributed by atoms with Gasteiger partial charge in [-0.2, -0.15) is 0 Å². The van der Waals surface area contributed by atoms with Gasteiger partial charge in [-0.1, -0.05) is 43.2 Å². The predicted octanol–water partition coefficient (Wildman–Crippen LogP) is 4.41. The topological polar surface area (TPSA) is 12.0 Å². The highest BCUT2D eigenvalue weighted by Gasteiger charge is 2.42. The number of rotatable bonds is 6. The summed E-state index contributed by atoms with van der Waals surface area (Å²) in [5.74, 6) is 0.804. The van der Waals surface area contributed by atoms with E-state index in [1.807, 2.05) is 0 Å². The van der Waals surface area contributed by atoms with Crippen LogP contribution in [-0.2, 0) is 0 Å². The average Bonchev–Trinajstić information content (AvgIpc) is 3.08. The molecule has 2 saturated carbocycles. The van der Waals surface area contributed by atoms with Crippen LogP contribution < -0.4 is 5.32 Å².